The van der Waals surface area contributed by atoms with E-state index in [4.69, 9.17) is 4.74 Å². The van der Waals surface area contributed by atoms with E-state index in [2.05, 4.69) is 20.8 Å². The molecule has 0 aliphatic rings. The number of hydrogen-bond donors (Lipinski definition) is 2. The second kappa shape index (κ2) is 8.83. The summed E-state index contributed by atoms with van der Waals surface area (Å²) in [5.74, 6) is 0.277. The summed E-state index contributed by atoms with van der Waals surface area (Å²) in [5.41, 5.74) is 2.11. The van der Waals surface area contributed by atoms with Gasteiger partial charge in [-0.3, -0.25) is 4.79 Å². The summed E-state index contributed by atoms with van der Waals surface area (Å²) in [6, 6.07) is 11.8. The van der Waals surface area contributed by atoms with Gasteiger partial charge >= 0.3 is 0 Å². The minimum Gasteiger partial charge on any atom is -0.497 e. The fourth-order valence-corrected chi connectivity index (χ4v) is 3.76. The summed E-state index contributed by atoms with van der Waals surface area (Å²) in [6.07, 6.45) is 0. The molecule has 3 rings (SSSR count). The van der Waals surface area contributed by atoms with Gasteiger partial charge < -0.3 is 15.4 Å². The van der Waals surface area contributed by atoms with E-state index in [1.807, 2.05) is 31.2 Å². The maximum Gasteiger partial charge on any atom is 0.234 e. The number of carbonyl (C=O) groups is 1. The van der Waals surface area contributed by atoms with E-state index in [-0.39, 0.29) is 17.5 Å². The lowest BCUT2D eigenvalue weighted by atomic mass is 10.2. The number of hydrogen-bond acceptors (Lipinski definition) is 7. The minimum absolute atomic E-state index is 0.156. The summed E-state index contributed by atoms with van der Waals surface area (Å²) in [6.45, 7) is 1.81. The van der Waals surface area contributed by atoms with Crippen LogP contribution in [0.5, 0.6) is 5.75 Å². The number of amides is 1. The van der Waals surface area contributed by atoms with Gasteiger partial charge in [0.15, 0.2) is 4.34 Å². The molecule has 0 aliphatic heterocycles. The monoisotopic (exact) mass is 404 g/mol. The first kappa shape index (κ1) is 19.1. The van der Waals surface area contributed by atoms with Crippen LogP contribution in [0.15, 0.2) is 46.8 Å². The third kappa shape index (κ3) is 5.41. The van der Waals surface area contributed by atoms with E-state index in [9.17, 15) is 9.18 Å². The zero-order valence-corrected chi connectivity index (χ0v) is 16.3. The van der Waals surface area contributed by atoms with Gasteiger partial charge in [0, 0.05) is 17.4 Å². The molecule has 0 fully saturated rings. The topological polar surface area (TPSA) is 76.1 Å². The zero-order chi connectivity index (χ0) is 19.2. The van der Waals surface area contributed by atoms with Crippen LogP contribution in [-0.4, -0.2) is 29.0 Å². The van der Waals surface area contributed by atoms with Gasteiger partial charge in [-0.05, 0) is 36.8 Å². The molecule has 0 radical (unpaired) electrons. The standard InChI is InChI=1S/C18H17FN4O2S2/c1-11-6-7-12(19)8-15(11)21-16(24)10-26-18-23-22-17(27-18)20-13-4-3-5-14(9-13)25-2/h3-9H,10H2,1-2H3,(H,20,22)(H,21,24). The summed E-state index contributed by atoms with van der Waals surface area (Å²) in [4.78, 5) is 12.1. The third-order valence-corrected chi connectivity index (χ3v) is 5.50. The van der Waals surface area contributed by atoms with Crippen LogP contribution < -0.4 is 15.4 Å². The number of thioether (sulfide) groups is 1. The Morgan fingerprint density at radius 2 is 2.11 bits per heavy atom. The molecule has 1 heterocycles. The molecule has 1 amide bonds. The van der Waals surface area contributed by atoms with Gasteiger partial charge in [0.2, 0.25) is 11.0 Å². The molecule has 0 bridgehead atoms. The van der Waals surface area contributed by atoms with Gasteiger partial charge in [-0.15, -0.1) is 10.2 Å². The number of aryl methyl sites for hydroxylation is 1. The van der Waals surface area contributed by atoms with E-state index in [1.54, 1.807) is 13.2 Å². The third-order valence-electron chi connectivity index (χ3n) is 3.53. The van der Waals surface area contributed by atoms with Crippen molar-refractivity contribution < 1.29 is 13.9 Å². The van der Waals surface area contributed by atoms with Crippen molar-refractivity contribution in [2.45, 2.75) is 11.3 Å². The van der Waals surface area contributed by atoms with Crippen molar-refractivity contribution in [3.8, 4) is 5.75 Å². The number of nitrogens with zero attached hydrogens (tertiary/aromatic N) is 2. The van der Waals surface area contributed by atoms with E-state index < -0.39 is 0 Å². The Morgan fingerprint density at radius 3 is 2.93 bits per heavy atom. The van der Waals surface area contributed by atoms with Crippen LogP contribution in [0.4, 0.5) is 20.9 Å². The first-order chi connectivity index (χ1) is 13.0. The van der Waals surface area contributed by atoms with Crippen molar-refractivity contribution in [2.75, 3.05) is 23.5 Å². The molecule has 0 saturated carbocycles. The number of nitrogens with one attached hydrogen (secondary N) is 2. The molecule has 0 unspecified atom stereocenters. The maximum absolute atomic E-state index is 13.3. The van der Waals surface area contributed by atoms with E-state index >= 15 is 0 Å². The predicted molar refractivity (Wildman–Crippen MR) is 107 cm³/mol. The molecule has 9 heteroatoms. The Labute approximate surface area is 164 Å². The molecule has 1 aromatic heterocycles. The molecule has 0 aliphatic carbocycles. The Balaban J connectivity index is 1.54. The van der Waals surface area contributed by atoms with Gasteiger partial charge in [0.1, 0.15) is 11.6 Å². The smallest absolute Gasteiger partial charge is 0.234 e. The number of anilines is 3. The predicted octanol–water partition coefficient (Wildman–Crippen LogP) is 4.47. The first-order valence-electron chi connectivity index (χ1n) is 7.97. The Kier molecular flexibility index (Phi) is 6.25. The maximum atomic E-state index is 13.3. The number of halogens is 1. The quantitative estimate of drug-likeness (QED) is 0.566. The Hall–Kier alpha value is -2.65. The van der Waals surface area contributed by atoms with Gasteiger partial charge in [0.25, 0.3) is 0 Å². The van der Waals surface area contributed by atoms with Crippen LogP contribution >= 0.6 is 23.1 Å². The van der Waals surface area contributed by atoms with Crippen molar-refractivity contribution in [1.29, 1.82) is 0 Å². The van der Waals surface area contributed by atoms with Crippen molar-refractivity contribution in [1.82, 2.24) is 10.2 Å². The molecule has 0 spiro atoms. The van der Waals surface area contributed by atoms with Crippen molar-refractivity contribution in [3.05, 3.63) is 53.8 Å². The van der Waals surface area contributed by atoms with Crippen molar-refractivity contribution >= 4 is 45.5 Å². The van der Waals surface area contributed by atoms with Crippen LogP contribution in [0.25, 0.3) is 0 Å². The highest BCUT2D eigenvalue weighted by molar-refractivity contribution is 8.01. The van der Waals surface area contributed by atoms with E-state index in [0.29, 0.717) is 15.2 Å². The normalized spacial score (nSPS) is 10.5. The number of benzene rings is 2. The van der Waals surface area contributed by atoms with Crippen LogP contribution in [0.2, 0.25) is 0 Å². The van der Waals surface area contributed by atoms with Gasteiger partial charge in [-0.1, -0.05) is 35.2 Å². The van der Waals surface area contributed by atoms with Gasteiger partial charge in [-0.2, -0.15) is 0 Å². The van der Waals surface area contributed by atoms with Gasteiger partial charge in [0.05, 0.1) is 12.9 Å². The van der Waals surface area contributed by atoms with Gasteiger partial charge in [-0.25, -0.2) is 4.39 Å². The molecule has 2 aromatic carbocycles. The lowest BCUT2D eigenvalue weighted by Gasteiger charge is -2.07. The van der Waals surface area contributed by atoms with Crippen LogP contribution in [0.1, 0.15) is 5.56 Å². The van der Waals surface area contributed by atoms with Crippen molar-refractivity contribution in [2.24, 2.45) is 0 Å². The number of aromatic nitrogens is 2. The lowest BCUT2D eigenvalue weighted by Crippen LogP contribution is -2.14. The minimum atomic E-state index is -0.388. The van der Waals surface area contributed by atoms with Crippen LogP contribution in [0.3, 0.4) is 0 Å². The number of carbonyl (C=O) groups excluding carboxylic acids is 1. The lowest BCUT2D eigenvalue weighted by molar-refractivity contribution is -0.113. The van der Waals surface area contributed by atoms with Crippen LogP contribution in [-0.2, 0) is 4.79 Å². The average Bonchev–Trinajstić information content (AvgIpc) is 3.10. The van der Waals surface area contributed by atoms with Crippen LogP contribution in [0, 0.1) is 12.7 Å². The van der Waals surface area contributed by atoms with E-state index in [1.165, 1.54) is 35.2 Å². The molecular formula is C18H17FN4O2S2. The van der Waals surface area contributed by atoms with E-state index in [0.717, 1.165) is 17.0 Å². The van der Waals surface area contributed by atoms with Crippen molar-refractivity contribution in [3.63, 3.8) is 0 Å². The fraction of sp³-hybridized carbons (Fsp3) is 0.167. The number of rotatable bonds is 7. The second-order valence-electron chi connectivity index (χ2n) is 5.53. The summed E-state index contributed by atoms with van der Waals surface area (Å²) in [5, 5.41) is 14.6. The SMILES string of the molecule is COc1cccc(Nc2nnc(SCC(=O)Nc3cc(F)ccc3C)s2)c1. The molecule has 27 heavy (non-hydrogen) atoms. The Morgan fingerprint density at radius 1 is 1.26 bits per heavy atom. The summed E-state index contributed by atoms with van der Waals surface area (Å²) in [7, 11) is 1.61. The Bertz CT molecular complexity index is 949. The summed E-state index contributed by atoms with van der Waals surface area (Å²) < 4.78 is 19.1. The number of ether oxygens (including phenoxy) is 1. The first-order valence-corrected chi connectivity index (χ1v) is 9.77. The summed E-state index contributed by atoms with van der Waals surface area (Å²) >= 11 is 2.62. The molecule has 6 nitrogen and oxygen atoms in total. The highest BCUT2D eigenvalue weighted by Gasteiger charge is 2.10. The molecular weight excluding hydrogens is 387 g/mol. The fourth-order valence-electron chi connectivity index (χ4n) is 2.19. The second-order valence-corrected chi connectivity index (χ2v) is 7.73. The number of methoxy groups -OCH3 is 1. The highest BCUT2D eigenvalue weighted by Crippen LogP contribution is 2.29. The largest absolute Gasteiger partial charge is 0.497 e. The zero-order valence-electron chi connectivity index (χ0n) is 14.7. The molecule has 0 saturated heterocycles. The molecule has 140 valence electrons. The highest BCUT2D eigenvalue weighted by atomic mass is 32.2. The molecule has 2 N–H and O–H groups in total. The molecule has 0 atom stereocenters. The average molecular weight is 404 g/mol. The molecule has 3 aromatic rings.